The number of aryl methyl sites for hydroxylation is 3. The van der Waals surface area contributed by atoms with E-state index in [1.165, 1.54) is 10.4 Å². The van der Waals surface area contributed by atoms with E-state index in [0.717, 1.165) is 35.7 Å². The fourth-order valence-corrected chi connectivity index (χ4v) is 3.88. The summed E-state index contributed by atoms with van der Waals surface area (Å²) in [6, 6.07) is 8.21. The molecule has 1 atom stereocenters. The number of nitrogens with zero attached hydrogens (tertiary/aromatic N) is 1. The minimum Gasteiger partial charge on any atom is -0.384 e. The SMILES string of the molecule is Cc1nc(C)c(CNCC2(O)CCc3ccccc32)s1. The first-order chi connectivity index (χ1) is 9.58. The van der Waals surface area contributed by atoms with Crippen molar-refractivity contribution in [2.24, 2.45) is 0 Å². The van der Waals surface area contributed by atoms with Crippen LogP contribution >= 0.6 is 11.3 Å². The van der Waals surface area contributed by atoms with Crippen LogP contribution in [-0.4, -0.2) is 16.6 Å². The largest absolute Gasteiger partial charge is 0.384 e. The van der Waals surface area contributed by atoms with Crippen LogP contribution in [0, 0.1) is 13.8 Å². The molecule has 1 aliphatic rings. The molecular weight excluding hydrogens is 268 g/mol. The zero-order chi connectivity index (χ0) is 14.2. The molecule has 2 N–H and O–H groups in total. The van der Waals surface area contributed by atoms with Gasteiger partial charge in [0.15, 0.2) is 0 Å². The van der Waals surface area contributed by atoms with Gasteiger partial charge in [-0.15, -0.1) is 11.3 Å². The topological polar surface area (TPSA) is 45.2 Å². The molecule has 0 spiro atoms. The predicted molar refractivity (Wildman–Crippen MR) is 82.0 cm³/mol. The Kier molecular flexibility index (Phi) is 3.63. The Bertz CT molecular complexity index is 623. The number of hydrogen-bond acceptors (Lipinski definition) is 4. The van der Waals surface area contributed by atoms with Gasteiger partial charge in [0.2, 0.25) is 0 Å². The Morgan fingerprint density at radius 3 is 2.90 bits per heavy atom. The molecule has 0 saturated heterocycles. The molecule has 1 aromatic carbocycles. The van der Waals surface area contributed by atoms with E-state index in [-0.39, 0.29) is 0 Å². The number of benzene rings is 1. The first kappa shape index (κ1) is 13.7. The highest BCUT2D eigenvalue weighted by atomic mass is 32.1. The molecule has 0 radical (unpaired) electrons. The van der Waals surface area contributed by atoms with Gasteiger partial charge in [-0.3, -0.25) is 0 Å². The lowest BCUT2D eigenvalue weighted by Gasteiger charge is -2.24. The second kappa shape index (κ2) is 5.28. The first-order valence-corrected chi connectivity index (χ1v) is 7.84. The molecule has 0 aliphatic heterocycles. The molecule has 1 aliphatic carbocycles. The van der Waals surface area contributed by atoms with Gasteiger partial charge in [-0.25, -0.2) is 4.98 Å². The van der Waals surface area contributed by atoms with E-state index in [1.54, 1.807) is 11.3 Å². The van der Waals surface area contributed by atoms with Crippen molar-refractivity contribution >= 4 is 11.3 Å². The van der Waals surface area contributed by atoms with E-state index in [4.69, 9.17) is 0 Å². The van der Waals surface area contributed by atoms with Crippen LogP contribution in [0.3, 0.4) is 0 Å². The molecule has 1 aromatic heterocycles. The number of aliphatic hydroxyl groups is 1. The van der Waals surface area contributed by atoms with E-state index >= 15 is 0 Å². The summed E-state index contributed by atoms with van der Waals surface area (Å²) in [5, 5.41) is 15.3. The van der Waals surface area contributed by atoms with Crippen LogP contribution in [0.2, 0.25) is 0 Å². The van der Waals surface area contributed by atoms with Crippen molar-refractivity contribution in [2.45, 2.75) is 38.8 Å². The smallest absolute Gasteiger partial charge is 0.103 e. The normalized spacial score (nSPS) is 21.1. The summed E-state index contributed by atoms with van der Waals surface area (Å²) in [4.78, 5) is 5.69. The van der Waals surface area contributed by atoms with Gasteiger partial charge >= 0.3 is 0 Å². The summed E-state index contributed by atoms with van der Waals surface area (Å²) in [5.74, 6) is 0. The molecule has 20 heavy (non-hydrogen) atoms. The molecule has 4 heteroatoms. The summed E-state index contributed by atoms with van der Waals surface area (Å²) in [6.07, 6.45) is 1.77. The second-order valence-corrected chi connectivity index (χ2v) is 6.82. The van der Waals surface area contributed by atoms with Crippen LogP contribution in [0.1, 0.15) is 33.1 Å². The van der Waals surface area contributed by atoms with Gasteiger partial charge in [0.05, 0.1) is 10.7 Å². The maximum absolute atomic E-state index is 10.8. The number of rotatable bonds is 4. The third kappa shape index (κ3) is 2.51. The Balaban J connectivity index is 1.66. The van der Waals surface area contributed by atoms with Gasteiger partial charge in [-0.2, -0.15) is 0 Å². The summed E-state index contributed by atoms with van der Waals surface area (Å²) < 4.78 is 0. The Morgan fingerprint density at radius 1 is 1.35 bits per heavy atom. The molecular formula is C16H20N2OS. The van der Waals surface area contributed by atoms with Crippen LogP contribution in [0.15, 0.2) is 24.3 Å². The molecule has 106 valence electrons. The molecule has 0 saturated carbocycles. The highest BCUT2D eigenvalue weighted by Gasteiger charge is 2.35. The first-order valence-electron chi connectivity index (χ1n) is 7.03. The minimum atomic E-state index is -0.718. The number of aromatic nitrogens is 1. The van der Waals surface area contributed by atoms with Crippen molar-refractivity contribution in [2.75, 3.05) is 6.54 Å². The van der Waals surface area contributed by atoms with Crippen LogP contribution in [-0.2, 0) is 18.6 Å². The summed E-state index contributed by atoms with van der Waals surface area (Å²) in [5.41, 5.74) is 2.75. The van der Waals surface area contributed by atoms with Gasteiger partial charge in [-0.05, 0) is 37.8 Å². The Hall–Kier alpha value is -1.23. The van der Waals surface area contributed by atoms with Crippen LogP contribution in [0.25, 0.3) is 0 Å². The Morgan fingerprint density at radius 2 is 2.15 bits per heavy atom. The average molecular weight is 288 g/mol. The van der Waals surface area contributed by atoms with Crippen LogP contribution in [0.5, 0.6) is 0 Å². The van der Waals surface area contributed by atoms with Crippen molar-refractivity contribution in [1.82, 2.24) is 10.3 Å². The molecule has 0 bridgehead atoms. The lowest BCUT2D eigenvalue weighted by molar-refractivity contribution is 0.0385. The van der Waals surface area contributed by atoms with Gasteiger partial charge in [0.25, 0.3) is 0 Å². The summed E-state index contributed by atoms with van der Waals surface area (Å²) in [6.45, 7) is 5.45. The van der Waals surface area contributed by atoms with Gasteiger partial charge in [0, 0.05) is 18.0 Å². The molecule has 0 fully saturated rings. The summed E-state index contributed by atoms with van der Waals surface area (Å²) in [7, 11) is 0. The maximum atomic E-state index is 10.8. The zero-order valence-electron chi connectivity index (χ0n) is 11.9. The molecule has 0 amide bonds. The third-order valence-corrected chi connectivity index (χ3v) is 5.10. The van der Waals surface area contributed by atoms with Crippen molar-refractivity contribution in [3.8, 4) is 0 Å². The van der Waals surface area contributed by atoms with Crippen LogP contribution in [0.4, 0.5) is 0 Å². The van der Waals surface area contributed by atoms with Gasteiger partial charge in [-0.1, -0.05) is 24.3 Å². The average Bonchev–Trinajstić information content (AvgIpc) is 2.92. The number of hydrogen-bond donors (Lipinski definition) is 2. The zero-order valence-corrected chi connectivity index (χ0v) is 12.8. The van der Waals surface area contributed by atoms with E-state index in [9.17, 15) is 5.11 Å². The minimum absolute atomic E-state index is 0.598. The third-order valence-electron chi connectivity index (χ3n) is 4.03. The monoisotopic (exact) mass is 288 g/mol. The quantitative estimate of drug-likeness (QED) is 0.909. The van der Waals surface area contributed by atoms with E-state index < -0.39 is 5.60 Å². The lowest BCUT2D eigenvalue weighted by Crippen LogP contribution is -2.35. The molecule has 2 aromatic rings. The number of fused-ring (bicyclic) bond motifs is 1. The molecule has 3 rings (SSSR count). The molecule has 1 heterocycles. The van der Waals surface area contributed by atoms with E-state index in [0.29, 0.717) is 6.54 Å². The lowest BCUT2D eigenvalue weighted by atomic mass is 9.96. The summed E-state index contributed by atoms with van der Waals surface area (Å²) >= 11 is 1.73. The standard InChI is InChI=1S/C16H20N2OS/c1-11-15(20-12(2)18-11)9-17-10-16(19)8-7-13-5-3-4-6-14(13)16/h3-6,17,19H,7-10H2,1-2H3. The van der Waals surface area contributed by atoms with Crippen molar-refractivity contribution in [3.63, 3.8) is 0 Å². The van der Waals surface area contributed by atoms with Crippen molar-refractivity contribution in [3.05, 3.63) is 51.0 Å². The number of thiazole rings is 1. The second-order valence-electron chi connectivity index (χ2n) is 5.53. The highest BCUT2D eigenvalue weighted by molar-refractivity contribution is 7.11. The molecule has 3 nitrogen and oxygen atoms in total. The molecule has 1 unspecified atom stereocenters. The fraction of sp³-hybridized carbons (Fsp3) is 0.438. The number of nitrogens with one attached hydrogen (secondary N) is 1. The van der Waals surface area contributed by atoms with Gasteiger partial charge < -0.3 is 10.4 Å². The predicted octanol–water partition coefficient (Wildman–Crippen LogP) is 2.68. The van der Waals surface area contributed by atoms with E-state index in [1.807, 2.05) is 32.0 Å². The van der Waals surface area contributed by atoms with E-state index in [2.05, 4.69) is 16.4 Å². The van der Waals surface area contributed by atoms with Crippen molar-refractivity contribution < 1.29 is 5.11 Å². The van der Waals surface area contributed by atoms with Gasteiger partial charge in [0.1, 0.15) is 5.60 Å². The highest BCUT2D eigenvalue weighted by Crippen LogP contribution is 2.36. The maximum Gasteiger partial charge on any atom is 0.103 e. The van der Waals surface area contributed by atoms with Crippen molar-refractivity contribution in [1.29, 1.82) is 0 Å². The Labute approximate surface area is 123 Å². The fourth-order valence-electron chi connectivity index (χ4n) is 2.97. The van der Waals surface area contributed by atoms with Crippen LogP contribution < -0.4 is 5.32 Å².